The Labute approximate surface area is 197 Å². The first-order chi connectivity index (χ1) is 15.6. The first-order valence-corrected chi connectivity index (χ1v) is 12.3. The summed E-state index contributed by atoms with van der Waals surface area (Å²) < 4.78 is 7.62. The molecule has 1 heterocycles. The maximum absolute atomic E-state index is 12.4. The first kappa shape index (κ1) is 22.7. The van der Waals surface area contributed by atoms with Crippen molar-refractivity contribution < 1.29 is 9.53 Å². The van der Waals surface area contributed by atoms with Crippen LogP contribution in [0.5, 0.6) is 0 Å². The molecule has 0 atom stereocenters. The number of thioether (sulfide) groups is 1. The molecule has 32 heavy (non-hydrogen) atoms. The van der Waals surface area contributed by atoms with Crippen LogP contribution in [0.1, 0.15) is 43.5 Å². The van der Waals surface area contributed by atoms with E-state index in [4.69, 9.17) is 16.3 Å². The van der Waals surface area contributed by atoms with Gasteiger partial charge in [-0.2, -0.15) is 0 Å². The molecule has 3 aromatic rings. The lowest BCUT2D eigenvalue weighted by Gasteiger charge is -2.21. The van der Waals surface area contributed by atoms with Gasteiger partial charge in [-0.15, -0.1) is 10.2 Å². The Kier molecular flexibility index (Phi) is 7.71. The Morgan fingerprint density at radius 3 is 2.69 bits per heavy atom. The van der Waals surface area contributed by atoms with Crippen LogP contribution in [0.3, 0.4) is 0 Å². The van der Waals surface area contributed by atoms with Crippen molar-refractivity contribution in [1.29, 1.82) is 0 Å². The zero-order valence-electron chi connectivity index (χ0n) is 18.1. The van der Waals surface area contributed by atoms with Crippen LogP contribution in [-0.2, 0) is 16.1 Å². The highest BCUT2D eigenvalue weighted by Gasteiger charge is 2.20. The lowest BCUT2D eigenvalue weighted by atomic mass is 9.98. The van der Waals surface area contributed by atoms with Gasteiger partial charge in [-0.1, -0.05) is 54.0 Å². The standard InChI is InChI=1S/C24H27ClN4O2S/c1-17-12-13-18(14-21(17)25)26-15-22-27-28-24(29(22)19-8-4-2-5-9-19)32-16-23(30)31-20-10-6-3-7-11-20/h2,4-5,8-9,12-14,20,26H,3,6-7,10-11,15-16H2,1H3. The van der Waals surface area contributed by atoms with Crippen molar-refractivity contribution >= 4 is 35.0 Å². The topological polar surface area (TPSA) is 69.0 Å². The van der Waals surface area contributed by atoms with Gasteiger partial charge in [-0.05, 0) is 62.4 Å². The molecule has 6 nitrogen and oxygen atoms in total. The highest BCUT2D eigenvalue weighted by molar-refractivity contribution is 7.99. The fourth-order valence-corrected chi connectivity index (χ4v) is 4.69. The quantitative estimate of drug-likeness (QED) is 0.331. The Balaban J connectivity index is 1.46. The molecule has 1 N–H and O–H groups in total. The average Bonchev–Trinajstić information content (AvgIpc) is 3.22. The molecule has 0 bridgehead atoms. The highest BCUT2D eigenvalue weighted by Crippen LogP contribution is 2.25. The van der Waals surface area contributed by atoms with Gasteiger partial charge in [0.1, 0.15) is 6.10 Å². The maximum Gasteiger partial charge on any atom is 0.316 e. The van der Waals surface area contributed by atoms with E-state index >= 15 is 0 Å². The van der Waals surface area contributed by atoms with Gasteiger partial charge < -0.3 is 10.1 Å². The van der Waals surface area contributed by atoms with Crippen LogP contribution >= 0.6 is 23.4 Å². The van der Waals surface area contributed by atoms with Crippen molar-refractivity contribution in [3.8, 4) is 5.69 Å². The Bertz CT molecular complexity index is 1050. The molecule has 4 rings (SSSR count). The highest BCUT2D eigenvalue weighted by atomic mass is 35.5. The fourth-order valence-electron chi connectivity index (χ4n) is 3.76. The number of nitrogens with zero attached hydrogens (tertiary/aromatic N) is 3. The number of para-hydroxylation sites is 1. The van der Waals surface area contributed by atoms with Gasteiger partial charge in [0.2, 0.25) is 0 Å². The summed E-state index contributed by atoms with van der Waals surface area (Å²) in [6.07, 6.45) is 5.50. The van der Waals surface area contributed by atoms with Crippen molar-refractivity contribution in [2.45, 2.75) is 56.8 Å². The Hall–Kier alpha value is -2.51. The monoisotopic (exact) mass is 470 g/mol. The summed E-state index contributed by atoms with van der Waals surface area (Å²) >= 11 is 7.60. The van der Waals surface area contributed by atoms with E-state index in [9.17, 15) is 4.79 Å². The summed E-state index contributed by atoms with van der Waals surface area (Å²) in [7, 11) is 0. The number of halogens is 1. The smallest absolute Gasteiger partial charge is 0.316 e. The molecule has 2 aromatic carbocycles. The third-order valence-corrected chi connectivity index (χ3v) is 6.82. The zero-order valence-corrected chi connectivity index (χ0v) is 19.7. The molecule has 1 saturated carbocycles. The van der Waals surface area contributed by atoms with Crippen molar-refractivity contribution in [1.82, 2.24) is 14.8 Å². The second kappa shape index (κ2) is 10.9. The number of carbonyl (C=O) groups excluding carboxylic acids is 1. The predicted octanol–water partition coefficient (Wildman–Crippen LogP) is 5.81. The third-order valence-electron chi connectivity index (χ3n) is 5.51. The van der Waals surface area contributed by atoms with Crippen molar-refractivity contribution in [3.05, 3.63) is 64.9 Å². The van der Waals surface area contributed by atoms with E-state index in [0.29, 0.717) is 16.7 Å². The zero-order chi connectivity index (χ0) is 22.3. The number of ether oxygens (including phenoxy) is 1. The molecule has 0 amide bonds. The molecular formula is C24H27ClN4O2S. The number of nitrogens with one attached hydrogen (secondary N) is 1. The average molecular weight is 471 g/mol. The molecule has 1 aromatic heterocycles. The SMILES string of the molecule is Cc1ccc(NCc2nnc(SCC(=O)OC3CCCCC3)n2-c2ccccc2)cc1Cl. The van der Waals surface area contributed by atoms with E-state index in [1.165, 1.54) is 18.2 Å². The van der Waals surface area contributed by atoms with E-state index in [1.54, 1.807) is 0 Å². The fraction of sp³-hybridized carbons (Fsp3) is 0.375. The molecule has 8 heteroatoms. The molecule has 0 aliphatic heterocycles. The van der Waals surface area contributed by atoms with Crippen LogP contribution in [0.25, 0.3) is 5.69 Å². The van der Waals surface area contributed by atoms with E-state index in [0.717, 1.165) is 48.4 Å². The summed E-state index contributed by atoms with van der Waals surface area (Å²) in [5.41, 5.74) is 2.89. The molecule has 168 valence electrons. The van der Waals surface area contributed by atoms with Crippen LogP contribution in [0.4, 0.5) is 5.69 Å². The molecule has 1 fully saturated rings. The summed E-state index contributed by atoms with van der Waals surface area (Å²) in [4.78, 5) is 12.4. The Morgan fingerprint density at radius 1 is 1.16 bits per heavy atom. The maximum atomic E-state index is 12.4. The number of anilines is 1. The summed E-state index contributed by atoms with van der Waals surface area (Å²) in [5, 5.41) is 13.5. The lowest BCUT2D eigenvalue weighted by molar-refractivity contribution is -0.147. The number of hydrogen-bond donors (Lipinski definition) is 1. The van der Waals surface area contributed by atoms with Gasteiger partial charge >= 0.3 is 5.97 Å². The molecule has 0 unspecified atom stereocenters. The molecule has 0 saturated heterocycles. The number of benzene rings is 2. The van der Waals surface area contributed by atoms with E-state index in [-0.39, 0.29) is 17.8 Å². The Morgan fingerprint density at radius 2 is 1.94 bits per heavy atom. The minimum Gasteiger partial charge on any atom is -0.462 e. The first-order valence-electron chi connectivity index (χ1n) is 10.9. The molecule has 1 aliphatic carbocycles. The van der Waals surface area contributed by atoms with Crippen molar-refractivity contribution in [2.75, 3.05) is 11.1 Å². The summed E-state index contributed by atoms with van der Waals surface area (Å²) in [6.45, 7) is 2.44. The minimum absolute atomic E-state index is 0.0601. The second-order valence-corrected chi connectivity index (χ2v) is 9.28. The second-order valence-electron chi connectivity index (χ2n) is 7.93. The van der Waals surface area contributed by atoms with Gasteiger partial charge in [-0.25, -0.2) is 0 Å². The van der Waals surface area contributed by atoms with Crippen LogP contribution in [0, 0.1) is 6.92 Å². The van der Waals surface area contributed by atoms with Crippen LogP contribution in [-0.4, -0.2) is 32.6 Å². The van der Waals surface area contributed by atoms with Crippen LogP contribution in [0.2, 0.25) is 5.02 Å². The minimum atomic E-state index is -0.196. The molecule has 1 aliphatic rings. The number of esters is 1. The lowest BCUT2D eigenvalue weighted by Crippen LogP contribution is -2.22. The number of hydrogen-bond acceptors (Lipinski definition) is 6. The van der Waals surface area contributed by atoms with Gasteiger partial charge in [-0.3, -0.25) is 9.36 Å². The number of rotatable bonds is 8. The van der Waals surface area contributed by atoms with Gasteiger partial charge in [0.25, 0.3) is 0 Å². The van der Waals surface area contributed by atoms with Crippen LogP contribution in [0.15, 0.2) is 53.7 Å². The predicted molar refractivity (Wildman–Crippen MR) is 129 cm³/mol. The van der Waals surface area contributed by atoms with Crippen molar-refractivity contribution in [3.63, 3.8) is 0 Å². The van der Waals surface area contributed by atoms with Crippen molar-refractivity contribution in [2.24, 2.45) is 0 Å². The van der Waals surface area contributed by atoms with E-state index < -0.39 is 0 Å². The molecule has 0 spiro atoms. The van der Waals surface area contributed by atoms with Gasteiger partial charge in [0, 0.05) is 16.4 Å². The van der Waals surface area contributed by atoms with E-state index in [2.05, 4.69) is 15.5 Å². The molecular weight excluding hydrogens is 444 g/mol. The number of carbonyl (C=O) groups is 1. The summed E-state index contributed by atoms with van der Waals surface area (Å²) in [6, 6.07) is 15.8. The normalized spacial score (nSPS) is 14.3. The third kappa shape index (κ3) is 5.84. The van der Waals surface area contributed by atoms with Crippen LogP contribution < -0.4 is 5.32 Å². The number of aryl methyl sites for hydroxylation is 1. The summed E-state index contributed by atoms with van der Waals surface area (Å²) in [5.74, 6) is 0.761. The van der Waals surface area contributed by atoms with Gasteiger partial charge in [0.05, 0.1) is 12.3 Å². The van der Waals surface area contributed by atoms with Gasteiger partial charge in [0.15, 0.2) is 11.0 Å². The number of aromatic nitrogens is 3. The van der Waals surface area contributed by atoms with E-state index in [1.807, 2.05) is 60.0 Å². The largest absolute Gasteiger partial charge is 0.462 e. The molecule has 0 radical (unpaired) electrons.